The number of fused-ring (bicyclic) bond motifs is 1. The van der Waals surface area contributed by atoms with Gasteiger partial charge < -0.3 is 9.73 Å². The SMILES string of the molecule is CCc1cc(Br)c2oc(-c3ccc(NC(=O)c4cccc(Br)c4)cc3)nc2c1. The average molecular weight is 500 g/mol. The number of benzene rings is 3. The predicted molar refractivity (Wildman–Crippen MR) is 119 cm³/mol. The summed E-state index contributed by atoms with van der Waals surface area (Å²) in [6, 6.07) is 18.8. The highest BCUT2D eigenvalue weighted by molar-refractivity contribution is 9.11. The van der Waals surface area contributed by atoms with Gasteiger partial charge in [0, 0.05) is 21.3 Å². The fourth-order valence-corrected chi connectivity index (χ4v) is 3.88. The van der Waals surface area contributed by atoms with Gasteiger partial charge in [0.2, 0.25) is 5.89 Å². The average Bonchev–Trinajstić information content (AvgIpc) is 3.13. The zero-order valence-electron chi connectivity index (χ0n) is 15.0. The number of hydrogen-bond donors (Lipinski definition) is 1. The third-order valence-electron chi connectivity index (χ3n) is 4.39. The lowest BCUT2D eigenvalue weighted by molar-refractivity contribution is 0.102. The van der Waals surface area contributed by atoms with Gasteiger partial charge in [-0.1, -0.05) is 28.9 Å². The Hall–Kier alpha value is -2.44. The summed E-state index contributed by atoms with van der Waals surface area (Å²) in [5, 5.41) is 2.90. The maximum atomic E-state index is 12.4. The molecule has 1 aromatic heterocycles. The Morgan fingerprint density at radius 1 is 1.07 bits per heavy atom. The molecule has 0 saturated heterocycles. The first kappa shape index (κ1) is 18.9. The van der Waals surface area contributed by atoms with Crippen molar-refractivity contribution in [2.24, 2.45) is 0 Å². The van der Waals surface area contributed by atoms with Crippen LogP contribution in [0.1, 0.15) is 22.8 Å². The van der Waals surface area contributed by atoms with Gasteiger partial charge in [-0.2, -0.15) is 0 Å². The van der Waals surface area contributed by atoms with E-state index in [-0.39, 0.29) is 5.91 Å². The summed E-state index contributed by atoms with van der Waals surface area (Å²) in [5.74, 6) is 0.390. The Balaban J connectivity index is 1.57. The number of aromatic nitrogens is 1. The van der Waals surface area contributed by atoms with Crippen LogP contribution in [0.25, 0.3) is 22.6 Å². The van der Waals surface area contributed by atoms with Crippen LogP contribution >= 0.6 is 31.9 Å². The summed E-state index contributed by atoms with van der Waals surface area (Å²) < 4.78 is 7.70. The van der Waals surface area contributed by atoms with E-state index in [1.165, 1.54) is 5.56 Å². The minimum atomic E-state index is -0.160. The summed E-state index contributed by atoms with van der Waals surface area (Å²) in [6.45, 7) is 2.11. The highest BCUT2D eigenvalue weighted by Crippen LogP contribution is 2.31. The molecule has 0 saturated carbocycles. The Bertz CT molecular complexity index is 1170. The van der Waals surface area contributed by atoms with Crippen molar-refractivity contribution in [2.75, 3.05) is 5.32 Å². The Kier molecular flexibility index (Phi) is 5.33. The molecule has 3 aromatic carbocycles. The maximum absolute atomic E-state index is 12.4. The van der Waals surface area contributed by atoms with Crippen LogP contribution < -0.4 is 5.32 Å². The number of hydrogen-bond acceptors (Lipinski definition) is 3. The van der Waals surface area contributed by atoms with E-state index in [1.807, 2.05) is 42.5 Å². The summed E-state index contributed by atoms with van der Waals surface area (Å²) in [6.07, 6.45) is 0.934. The molecule has 1 amide bonds. The number of anilines is 1. The third kappa shape index (κ3) is 3.88. The Morgan fingerprint density at radius 3 is 2.57 bits per heavy atom. The summed E-state index contributed by atoms with van der Waals surface area (Å²) in [5.41, 5.74) is 4.91. The number of nitrogens with one attached hydrogen (secondary N) is 1. The number of rotatable bonds is 4. The smallest absolute Gasteiger partial charge is 0.255 e. The van der Waals surface area contributed by atoms with Crippen LogP contribution in [0.15, 0.2) is 74.0 Å². The maximum Gasteiger partial charge on any atom is 0.255 e. The Morgan fingerprint density at radius 2 is 1.86 bits per heavy atom. The predicted octanol–water partition coefficient (Wildman–Crippen LogP) is 6.83. The van der Waals surface area contributed by atoms with Crippen molar-refractivity contribution < 1.29 is 9.21 Å². The van der Waals surface area contributed by atoms with Crippen molar-refractivity contribution in [3.8, 4) is 11.5 Å². The lowest BCUT2D eigenvalue weighted by Gasteiger charge is -2.06. The normalized spacial score (nSPS) is 11.0. The van der Waals surface area contributed by atoms with Gasteiger partial charge in [0.05, 0.1) is 4.47 Å². The molecule has 0 spiro atoms. The van der Waals surface area contributed by atoms with Crippen molar-refractivity contribution in [3.05, 3.63) is 80.7 Å². The lowest BCUT2D eigenvalue weighted by Crippen LogP contribution is -2.11. The minimum Gasteiger partial charge on any atom is -0.435 e. The van der Waals surface area contributed by atoms with Crippen molar-refractivity contribution in [1.29, 1.82) is 0 Å². The largest absolute Gasteiger partial charge is 0.435 e. The van der Waals surface area contributed by atoms with Gasteiger partial charge in [-0.25, -0.2) is 4.98 Å². The molecule has 4 rings (SSSR count). The molecule has 0 unspecified atom stereocenters. The van der Waals surface area contributed by atoms with Crippen LogP contribution in [0.4, 0.5) is 5.69 Å². The third-order valence-corrected chi connectivity index (χ3v) is 5.47. The molecule has 4 aromatic rings. The molecule has 1 N–H and O–H groups in total. The molecule has 0 fully saturated rings. The minimum absolute atomic E-state index is 0.160. The second-order valence-electron chi connectivity index (χ2n) is 6.34. The fourth-order valence-electron chi connectivity index (χ4n) is 2.90. The zero-order valence-corrected chi connectivity index (χ0v) is 18.2. The summed E-state index contributed by atoms with van der Waals surface area (Å²) in [7, 11) is 0. The van der Waals surface area contributed by atoms with E-state index in [1.54, 1.807) is 12.1 Å². The molecule has 0 aliphatic heterocycles. The van der Waals surface area contributed by atoms with Crippen molar-refractivity contribution in [2.45, 2.75) is 13.3 Å². The number of nitrogens with zero attached hydrogens (tertiary/aromatic N) is 1. The molecule has 0 radical (unpaired) electrons. The second kappa shape index (κ2) is 7.89. The number of amides is 1. The number of halogens is 2. The molecule has 140 valence electrons. The van der Waals surface area contributed by atoms with Crippen LogP contribution in [-0.2, 0) is 6.42 Å². The molecule has 4 nitrogen and oxygen atoms in total. The van der Waals surface area contributed by atoms with E-state index in [0.29, 0.717) is 17.1 Å². The van der Waals surface area contributed by atoms with Crippen LogP contribution in [0.2, 0.25) is 0 Å². The van der Waals surface area contributed by atoms with Gasteiger partial charge >= 0.3 is 0 Å². The van der Waals surface area contributed by atoms with E-state index >= 15 is 0 Å². The van der Waals surface area contributed by atoms with Gasteiger partial charge in [0.15, 0.2) is 5.58 Å². The van der Waals surface area contributed by atoms with Crippen LogP contribution in [0.5, 0.6) is 0 Å². The second-order valence-corrected chi connectivity index (χ2v) is 8.11. The van der Waals surface area contributed by atoms with E-state index in [9.17, 15) is 4.79 Å². The zero-order chi connectivity index (χ0) is 19.7. The molecule has 28 heavy (non-hydrogen) atoms. The van der Waals surface area contributed by atoms with E-state index in [2.05, 4.69) is 55.2 Å². The van der Waals surface area contributed by atoms with Crippen molar-refractivity contribution in [1.82, 2.24) is 4.98 Å². The van der Waals surface area contributed by atoms with Crippen molar-refractivity contribution in [3.63, 3.8) is 0 Å². The molecular formula is C22H16Br2N2O2. The van der Waals surface area contributed by atoms with Gasteiger partial charge in [-0.05, 0) is 82.5 Å². The van der Waals surface area contributed by atoms with E-state index < -0.39 is 0 Å². The first-order chi connectivity index (χ1) is 13.5. The monoisotopic (exact) mass is 498 g/mol. The molecule has 0 atom stereocenters. The Labute approximate surface area is 179 Å². The van der Waals surface area contributed by atoms with Crippen LogP contribution in [0.3, 0.4) is 0 Å². The van der Waals surface area contributed by atoms with Gasteiger partial charge in [0.1, 0.15) is 5.52 Å². The van der Waals surface area contributed by atoms with Crippen LogP contribution in [-0.4, -0.2) is 10.9 Å². The molecular weight excluding hydrogens is 484 g/mol. The molecule has 1 heterocycles. The van der Waals surface area contributed by atoms with E-state index in [4.69, 9.17) is 4.42 Å². The molecule has 0 aliphatic carbocycles. The summed E-state index contributed by atoms with van der Waals surface area (Å²) >= 11 is 6.93. The van der Waals surface area contributed by atoms with Gasteiger partial charge in [-0.3, -0.25) is 4.79 Å². The first-order valence-corrected chi connectivity index (χ1v) is 10.4. The van der Waals surface area contributed by atoms with Crippen molar-refractivity contribution >= 4 is 54.6 Å². The number of carbonyl (C=O) groups excluding carboxylic acids is 1. The fraction of sp³-hybridized carbons (Fsp3) is 0.0909. The number of carbonyl (C=O) groups is 1. The molecule has 0 bridgehead atoms. The van der Waals surface area contributed by atoms with Gasteiger partial charge in [-0.15, -0.1) is 0 Å². The lowest BCUT2D eigenvalue weighted by atomic mass is 10.1. The molecule has 6 heteroatoms. The highest BCUT2D eigenvalue weighted by atomic mass is 79.9. The van der Waals surface area contributed by atoms with E-state index in [0.717, 1.165) is 32.0 Å². The van der Waals surface area contributed by atoms with Gasteiger partial charge in [0.25, 0.3) is 5.91 Å². The first-order valence-electron chi connectivity index (χ1n) is 8.80. The summed E-state index contributed by atoms with van der Waals surface area (Å²) in [4.78, 5) is 17.0. The van der Waals surface area contributed by atoms with Crippen LogP contribution in [0, 0.1) is 0 Å². The number of aryl methyl sites for hydroxylation is 1. The topological polar surface area (TPSA) is 55.1 Å². The number of oxazole rings is 1. The molecule has 0 aliphatic rings. The highest BCUT2D eigenvalue weighted by Gasteiger charge is 2.13. The quantitative estimate of drug-likeness (QED) is 0.334. The standard InChI is InChI=1S/C22H16Br2N2O2/c1-2-13-10-18(24)20-19(11-13)26-22(28-20)14-6-8-17(9-7-14)25-21(27)15-4-3-5-16(23)12-15/h3-12H,2H2,1H3,(H,25,27).